The first-order chi connectivity index (χ1) is 15.2. The summed E-state index contributed by atoms with van der Waals surface area (Å²) >= 11 is 6.28. The summed E-state index contributed by atoms with van der Waals surface area (Å²) in [4.78, 5) is 20.4. The number of anilines is 4. The van der Waals surface area contributed by atoms with Crippen molar-refractivity contribution in [3.63, 3.8) is 0 Å². The Morgan fingerprint density at radius 2 is 1.75 bits per heavy atom. The highest BCUT2D eigenvalue weighted by atomic mass is 35.5. The lowest BCUT2D eigenvalue weighted by Gasteiger charge is -2.16. The van der Waals surface area contributed by atoms with Crippen LogP contribution < -0.4 is 15.9 Å². The van der Waals surface area contributed by atoms with Crippen molar-refractivity contribution >= 4 is 53.0 Å². The lowest BCUT2D eigenvalue weighted by atomic mass is 10.0. The number of aromatic nitrogens is 2. The number of aryl methyl sites for hydroxylation is 2. The third-order valence-corrected chi connectivity index (χ3v) is 7.15. The molecule has 4 rings (SSSR count). The molecule has 2 N–H and O–H groups in total. The highest BCUT2D eigenvalue weighted by Crippen LogP contribution is 2.39. The molecule has 0 saturated heterocycles. The molecule has 9 heteroatoms. The summed E-state index contributed by atoms with van der Waals surface area (Å²) < 4.78 is 26.4. The van der Waals surface area contributed by atoms with E-state index in [1.165, 1.54) is 30.0 Å². The molecule has 1 aliphatic rings. The first-order valence-corrected chi connectivity index (χ1v) is 13.2. The second kappa shape index (κ2) is 9.00. The molecule has 0 unspecified atom stereocenters. The monoisotopic (exact) mass is 472 g/mol. The van der Waals surface area contributed by atoms with E-state index < -0.39 is 13.0 Å². The zero-order valence-corrected chi connectivity index (χ0v) is 19.4. The molecule has 0 amide bonds. The van der Waals surface area contributed by atoms with Crippen LogP contribution in [0.15, 0.2) is 42.6 Å². The fourth-order valence-electron chi connectivity index (χ4n) is 3.68. The second-order valence-electron chi connectivity index (χ2n) is 8.17. The van der Waals surface area contributed by atoms with Gasteiger partial charge in [-0.2, -0.15) is 4.98 Å². The van der Waals surface area contributed by atoms with Gasteiger partial charge < -0.3 is 15.2 Å². The van der Waals surface area contributed by atoms with E-state index in [4.69, 9.17) is 11.6 Å². The maximum atomic E-state index is 13.7. The van der Waals surface area contributed by atoms with Gasteiger partial charge in [0.05, 0.1) is 11.9 Å². The van der Waals surface area contributed by atoms with E-state index >= 15 is 0 Å². The zero-order valence-electron chi connectivity index (χ0n) is 17.8. The number of rotatable bonds is 5. The van der Waals surface area contributed by atoms with Crippen molar-refractivity contribution in [2.75, 3.05) is 24.0 Å². The summed E-state index contributed by atoms with van der Waals surface area (Å²) in [5.41, 5.74) is 3.61. The Labute approximate surface area is 191 Å². The Bertz CT molecular complexity index is 1240. The zero-order chi connectivity index (χ0) is 22.9. The smallest absolute Gasteiger partial charge is 0.229 e. The molecule has 0 saturated carbocycles. The van der Waals surface area contributed by atoms with E-state index in [0.717, 1.165) is 24.1 Å². The second-order valence-corrected chi connectivity index (χ2v) is 11.8. The number of Topliss-reactive ketones (excluding diaryl/α,β-unsaturated/α-hetero) is 1. The number of hydrogen-bond donors (Lipinski definition) is 2. The SMILES string of the molecule is CP(C)(=O)c1cc(F)ccc1Nc1nc(Nc2ccc3c(c2)CCC(=O)CC3)ncc1Cl. The van der Waals surface area contributed by atoms with Gasteiger partial charge in [0, 0.05) is 23.8 Å². The third-order valence-electron chi connectivity index (χ3n) is 5.35. The molecule has 1 aliphatic carbocycles. The number of ketones is 1. The van der Waals surface area contributed by atoms with Gasteiger partial charge in [-0.1, -0.05) is 17.7 Å². The molecular weight excluding hydrogens is 450 g/mol. The molecule has 0 radical (unpaired) electrons. The summed E-state index contributed by atoms with van der Waals surface area (Å²) in [6.07, 6.45) is 4.09. The normalized spacial score (nSPS) is 13.9. The van der Waals surface area contributed by atoms with Gasteiger partial charge in [-0.3, -0.25) is 4.79 Å². The largest absolute Gasteiger partial charge is 0.338 e. The van der Waals surface area contributed by atoms with E-state index in [9.17, 15) is 13.8 Å². The molecule has 0 atom stereocenters. The highest BCUT2D eigenvalue weighted by Gasteiger charge is 2.19. The van der Waals surface area contributed by atoms with Crippen molar-refractivity contribution in [3.05, 3.63) is 64.6 Å². The molecule has 0 aliphatic heterocycles. The molecule has 1 heterocycles. The molecule has 0 spiro atoms. The molecular formula is C23H23ClFN4O2P. The van der Waals surface area contributed by atoms with Crippen LogP contribution in [0.5, 0.6) is 0 Å². The van der Waals surface area contributed by atoms with Crippen molar-refractivity contribution < 1.29 is 13.8 Å². The predicted molar refractivity (Wildman–Crippen MR) is 127 cm³/mol. The number of benzene rings is 2. The average Bonchev–Trinajstić information content (AvgIpc) is 2.92. The van der Waals surface area contributed by atoms with Gasteiger partial charge in [-0.05, 0) is 67.6 Å². The number of fused-ring (bicyclic) bond motifs is 1. The Kier molecular flexibility index (Phi) is 6.31. The van der Waals surface area contributed by atoms with E-state index in [0.29, 0.717) is 35.6 Å². The highest BCUT2D eigenvalue weighted by molar-refractivity contribution is 7.70. The van der Waals surface area contributed by atoms with Crippen molar-refractivity contribution in [2.45, 2.75) is 25.7 Å². The summed E-state index contributed by atoms with van der Waals surface area (Å²) in [6.45, 7) is 3.15. The summed E-state index contributed by atoms with van der Waals surface area (Å²) in [5, 5.41) is 6.89. The van der Waals surface area contributed by atoms with Crippen LogP contribution in [0.25, 0.3) is 0 Å². The Morgan fingerprint density at radius 1 is 1.00 bits per heavy atom. The Morgan fingerprint density at radius 3 is 2.50 bits per heavy atom. The van der Waals surface area contributed by atoms with Crippen LogP contribution in [0.3, 0.4) is 0 Å². The van der Waals surface area contributed by atoms with Gasteiger partial charge in [0.1, 0.15) is 23.8 Å². The van der Waals surface area contributed by atoms with Gasteiger partial charge in [-0.15, -0.1) is 0 Å². The van der Waals surface area contributed by atoms with Crippen LogP contribution in [-0.4, -0.2) is 29.1 Å². The molecule has 2 aromatic carbocycles. The fourth-order valence-corrected chi connectivity index (χ4v) is 4.96. The first-order valence-electron chi connectivity index (χ1n) is 10.2. The van der Waals surface area contributed by atoms with E-state index in [2.05, 4.69) is 20.6 Å². The lowest BCUT2D eigenvalue weighted by Crippen LogP contribution is -2.12. The number of halogens is 2. The van der Waals surface area contributed by atoms with Crippen LogP contribution in [0.1, 0.15) is 24.0 Å². The van der Waals surface area contributed by atoms with Crippen molar-refractivity contribution in [2.24, 2.45) is 0 Å². The average molecular weight is 473 g/mol. The topological polar surface area (TPSA) is 84.0 Å². The summed E-state index contributed by atoms with van der Waals surface area (Å²) in [7, 11) is -2.75. The number of carbonyl (C=O) groups excluding carboxylic acids is 1. The van der Waals surface area contributed by atoms with Crippen LogP contribution in [0, 0.1) is 5.82 Å². The standard InChI is InChI=1S/C23H23ClFN4O2P/c1-32(2,31)21-12-16(25)6-10-20(21)28-22-19(24)13-26-23(29-22)27-17-7-3-14-4-8-18(30)9-5-15(14)11-17/h3,6-7,10-13H,4-5,8-9H2,1-2H3,(H2,26,27,28,29). The van der Waals surface area contributed by atoms with Crippen LogP contribution >= 0.6 is 18.7 Å². The lowest BCUT2D eigenvalue weighted by molar-refractivity contribution is -0.118. The van der Waals surface area contributed by atoms with Gasteiger partial charge in [0.25, 0.3) is 0 Å². The molecule has 1 aromatic heterocycles. The van der Waals surface area contributed by atoms with Crippen LogP contribution in [-0.2, 0) is 22.2 Å². The maximum Gasteiger partial charge on any atom is 0.229 e. The number of hydrogen-bond acceptors (Lipinski definition) is 6. The minimum absolute atomic E-state index is 0.272. The molecule has 6 nitrogen and oxygen atoms in total. The maximum absolute atomic E-state index is 13.7. The van der Waals surface area contributed by atoms with E-state index in [1.54, 1.807) is 13.3 Å². The van der Waals surface area contributed by atoms with Gasteiger partial charge in [0.2, 0.25) is 5.95 Å². The van der Waals surface area contributed by atoms with Crippen LogP contribution in [0.4, 0.5) is 27.5 Å². The molecule has 0 fully saturated rings. The van der Waals surface area contributed by atoms with E-state index in [1.807, 2.05) is 18.2 Å². The first kappa shape index (κ1) is 22.4. The molecule has 3 aromatic rings. The Balaban J connectivity index is 1.60. The van der Waals surface area contributed by atoms with Crippen molar-refractivity contribution in [1.82, 2.24) is 9.97 Å². The van der Waals surface area contributed by atoms with Gasteiger partial charge in [0.15, 0.2) is 5.82 Å². The van der Waals surface area contributed by atoms with Crippen molar-refractivity contribution in [3.8, 4) is 0 Å². The van der Waals surface area contributed by atoms with Crippen LogP contribution in [0.2, 0.25) is 5.02 Å². The Hall–Kier alpha value is -2.76. The van der Waals surface area contributed by atoms with Gasteiger partial charge in [-0.25, -0.2) is 9.37 Å². The molecule has 0 bridgehead atoms. The number of nitrogens with one attached hydrogen (secondary N) is 2. The minimum atomic E-state index is -2.75. The number of carbonyl (C=O) groups is 1. The third kappa shape index (κ3) is 5.17. The van der Waals surface area contributed by atoms with Crippen molar-refractivity contribution in [1.29, 1.82) is 0 Å². The minimum Gasteiger partial charge on any atom is -0.338 e. The summed E-state index contributed by atoms with van der Waals surface area (Å²) in [5.74, 6) is 0.457. The quantitative estimate of drug-likeness (QED) is 0.379. The number of nitrogens with zero attached hydrogens (tertiary/aromatic N) is 2. The molecule has 166 valence electrons. The molecule has 32 heavy (non-hydrogen) atoms. The predicted octanol–water partition coefficient (Wildman–Crippen LogP) is 5.45. The van der Waals surface area contributed by atoms with E-state index in [-0.39, 0.29) is 10.8 Å². The fraction of sp³-hybridized carbons (Fsp3) is 0.261. The summed E-state index contributed by atoms with van der Waals surface area (Å²) in [6, 6.07) is 10.0. The van der Waals surface area contributed by atoms with Gasteiger partial charge >= 0.3 is 0 Å².